The van der Waals surface area contributed by atoms with E-state index in [1.807, 2.05) is 25.1 Å². The lowest BCUT2D eigenvalue weighted by molar-refractivity contribution is 0.414. The van der Waals surface area contributed by atoms with Gasteiger partial charge in [0, 0.05) is 12.8 Å². The number of hydrogen-bond donors (Lipinski definition) is 0. The van der Waals surface area contributed by atoms with Crippen LogP contribution >= 0.6 is 0 Å². The van der Waals surface area contributed by atoms with Crippen molar-refractivity contribution in [1.82, 2.24) is 0 Å². The van der Waals surface area contributed by atoms with Gasteiger partial charge in [0.2, 0.25) is 0 Å². The lowest BCUT2D eigenvalue weighted by Crippen LogP contribution is -1.85. The third kappa shape index (κ3) is 8.16. The van der Waals surface area contributed by atoms with Crippen molar-refractivity contribution in [2.45, 2.75) is 33.1 Å². The zero-order chi connectivity index (χ0) is 12.9. The van der Waals surface area contributed by atoms with Crippen LogP contribution in [-0.2, 0) is 6.42 Å². The van der Waals surface area contributed by atoms with Crippen molar-refractivity contribution in [2.24, 2.45) is 0 Å². The van der Waals surface area contributed by atoms with Gasteiger partial charge in [0.25, 0.3) is 0 Å². The van der Waals surface area contributed by atoms with Gasteiger partial charge >= 0.3 is 0 Å². The van der Waals surface area contributed by atoms with Crippen LogP contribution in [0.2, 0.25) is 0 Å². The van der Waals surface area contributed by atoms with Gasteiger partial charge in [-0.1, -0.05) is 31.1 Å². The van der Waals surface area contributed by atoms with Crippen LogP contribution in [0.15, 0.2) is 36.9 Å². The molecule has 0 radical (unpaired) electrons. The van der Waals surface area contributed by atoms with E-state index in [4.69, 9.17) is 4.74 Å². The number of hydrogen-bond acceptors (Lipinski definition) is 1. The molecule has 1 rings (SSSR count). The van der Waals surface area contributed by atoms with E-state index in [2.05, 4.69) is 31.4 Å². The second kappa shape index (κ2) is 10.8. The number of rotatable bonds is 3. The molecule has 0 fully saturated rings. The molecule has 0 bridgehead atoms. The largest absolute Gasteiger partial charge is 0.497 e. The molecule has 0 aliphatic heterocycles. The molecule has 0 saturated carbocycles. The fourth-order valence-corrected chi connectivity index (χ4v) is 1.16. The Balaban J connectivity index is 0.000000770. The predicted octanol–water partition coefficient (Wildman–Crippen LogP) is 4.23. The van der Waals surface area contributed by atoms with Crippen molar-refractivity contribution in [3.05, 3.63) is 42.5 Å². The van der Waals surface area contributed by atoms with Gasteiger partial charge in [0.15, 0.2) is 0 Å². The van der Waals surface area contributed by atoms with E-state index >= 15 is 0 Å². The smallest absolute Gasteiger partial charge is 0.119 e. The average Bonchev–Trinajstić information content (AvgIpc) is 2.36. The summed E-state index contributed by atoms with van der Waals surface area (Å²) >= 11 is 0. The summed E-state index contributed by atoms with van der Waals surface area (Å²) in [6, 6.07) is 8.04. The Labute approximate surface area is 106 Å². The van der Waals surface area contributed by atoms with Crippen molar-refractivity contribution in [3.63, 3.8) is 0 Å². The molecule has 0 unspecified atom stereocenters. The summed E-state index contributed by atoms with van der Waals surface area (Å²) in [4.78, 5) is 0. The van der Waals surface area contributed by atoms with Gasteiger partial charge in [-0.25, -0.2) is 0 Å². The van der Waals surface area contributed by atoms with Crippen LogP contribution in [-0.4, -0.2) is 7.11 Å². The Morgan fingerprint density at radius 2 is 2.06 bits per heavy atom. The van der Waals surface area contributed by atoms with E-state index in [1.165, 1.54) is 5.56 Å². The molecule has 1 nitrogen and oxygen atoms in total. The monoisotopic (exact) mass is 230 g/mol. The molecule has 0 aromatic heterocycles. The number of allylic oxidation sites excluding steroid dienone is 1. The van der Waals surface area contributed by atoms with Crippen LogP contribution < -0.4 is 4.74 Å². The number of methoxy groups -OCH3 is 1. The predicted molar refractivity (Wildman–Crippen MR) is 75.3 cm³/mol. The third-order valence-corrected chi connectivity index (χ3v) is 1.93. The summed E-state index contributed by atoms with van der Waals surface area (Å²) in [6.45, 7) is 7.39. The summed E-state index contributed by atoms with van der Waals surface area (Å²) in [6.07, 6.45) is 4.69. The Kier molecular flexibility index (Phi) is 9.76. The lowest BCUT2D eigenvalue weighted by Gasteiger charge is -2.00. The normalized spacial score (nSPS) is 8.18. The standard InChI is InChI=1S/C13H16O.C3H6/c1-3-4-5-6-8-12-9-7-10-13(11-12)14-2;1-3-2/h7,9-11H,3-4,8H2,1-2H3;3H,1H2,2H3. The van der Waals surface area contributed by atoms with Crippen LogP contribution in [0.4, 0.5) is 0 Å². The summed E-state index contributed by atoms with van der Waals surface area (Å²) in [5.41, 5.74) is 1.22. The van der Waals surface area contributed by atoms with Gasteiger partial charge in [-0.15, -0.1) is 12.5 Å². The first kappa shape index (κ1) is 15.3. The molecule has 1 aromatic carbocycles. The highest BCUT2D eigenvalue weighted by molar-refractivity contribution is 5.30. The van der Waals surface area contributed by atoms with Crippen molar-refractivity contribution < 1.29 is 4.74 Å². The molecule has 17 heavy (non-hydrogen) atoms. The first-order valence-corrected chi connectivity index (χ1v) is 5.94. The molecule has 0 N–H and O–H groups in total. The zero-order valence-electron chi connectivity index (χ0n) is 11.1. The molecule has 0 aliphatic rings. The first-order valence-electron chi connectivity index (χ1n) is 5.94. The summed E-state index contributed by atoms with van der Waals surface area (Å²) in [5, 5.41) is 0. The molecule has 1 heteroatoms. The van der Waals surface area contributed by atoms with Crippen LogP contribution in [0.3, 0.4) is 0 Å². The van der Waals surface area contributed by atoms with E-state index in [1.54, 1.807) is 13.2 Å². The average molecular weight is 230 g/mol. The summed E-state index contributed by atoms with van der Waals surface area (Å²) < 4.78 is 5.13. The van der Waals surface area contributed by atoms with E-state index in [-0.39, 0.29) is 0 Å². The Bertz CT molecular complexity index is 369. The molecule has 0 saturated heterocycles. The summed E-state index contributed by atoms with van der Waals surface area (Å²) in [7, 11) is 1.68. The van der Waals surface area contributed by atoms with E-state index < -0.39 is 0 Å². The second-order valence-corrected chi connectivity index (χ2v) is 3.54. The number of ether oxygens (including phenoxy) is 1. The highest BCUT2D eigenvalue weighted by Gasteiger charge is 1.92. The van der Waals surface area contributed by atoms with Gasteiger partial charge in [0.05, 0.1) is 7.11 Å². The topological polar surface area (TPSA) is 9.23 Å². The maximum atomic E-state index is 5.13. The van der Waals surface area contributed by atoms with Crippen molar-refractivity contribution >= 4 is 0 Å². The van der Waals surface area contributed by atoms with Gasteiger partial charge in [0.1, 0.15) is 5.75 Å². The quantitative estimate of drug-likeness (QED) is 0.557. The summed E-state index contributed by atoms with van der Waals surface area (Å²) in [5.74, 6) is 7.18. The lowest BCUT2D eigenvalue weighted by atomic mass is 10.1. The first-order chi connectivity index (χ1) is 8.28. The molecule has 1 aromatic rings. The van der Waals surface area contributed by atoms with Crippen LogP contribution in [0.25, 0.3) is 0 Å². The van der Waals surface area contributed by atoms with E-state index in [0.29, 0.717) is 0 Å². The van der Waals surface area contributed by atoms with Gasteiger partial charge in [-0.3, -0.25) is 0 Å². The van der Waals surface area contributed by atoms with Crippen molar-refractivity contribution in [3.8, 4) is 17.6 Å². The molecular weight excluding hydrogens is 208 g/mol. The maximum Gasteiger partial charge on any atom is 0.119 e. The fraction of sp³-hybridized carbons (Fsp3) is 0.375. The molecular formula is C16H22O. The van der Waals surface area contributed by atoms with E-state index in [9.17, 15) is 0 Å². The van der Waals surface area contributed by atoms with Gasteiger partial charge in [-0.2, -0.15) is 0 Å². The minimum absolute atomic E-state index is 0.817. The third-order valence-electron chi connectivity index (χ3n) is 1.93. The number of unbranched alkanes of at least 4 members (excludes halogenated alkanes) is 1. The van der Waals surface area contributed by atoms with Crippen molar-refractivity contribution in [2.75, 3.05) is 7.11 Å². The Morgan fingerprint density at radius 3 is 2.65 bits per heavy atom. The molecule has 0 spiro atoms. The van der Waals surface area contributed by atoms with Crippen molar-refractivity contribution in [1.29, 1.82) is 0 Å². The SMILES string of the molecule is C=CC.CCCC#CCc1cccc(OC)c1. The zero-order valence-corrected chi connectivity index (χ0v) is 11.1. The second-order valence-electron chi connectivity index (χ2n) is 3.54. The van der Waals surface area contributed by atoms with Gasteiger partial charge in [-0.05, 0) is 31.0 Å². The highest BCUT2D eigenvalue weighted by atomic mass is 16.5. The number of benzene rings is 1. The molecule has 0 heterocycles. The van der Waals surface area contributed by atoms with Crippen LogP contribution in [0, 0.1) is 11.8 Å². The molecule has 0 aliphatic carbocycles. The maximum absolute atomic E-state index is 5.13. The molecule has 0 atom stereocenters. The Hall–Kier alpha value is -1.68. The minimum Gasteiger partial charge on any atom is -0.497 e. The molecule has 92 valence electrons. The Morgan fingerprint density at radius 1 is 1.35 bits per heavy atom. The molecule has 0 amide bonds. The van der Waals surface area contributed by atoms with Gasteiger partial charge < -0.3 is 4.74 Å². The van der Waals surface area contributed by atoms with E-state index in [0.717, 1.165) is 25.0 Å². The highest BCUT2D eigenvalue weighted by Crippen LogP contribution is 2.12. The van der Waals surface area contributed by atoms with Crippen LogP contribution in [0.1, 0.15) is 32.3 Å². The fourth-order valence-electron chi connectivity index (χ4n) is 1.16. The minimum atomic E-state index is 0.817. The van der Waals surface area contributed by atoms with Crippen LogP contribution in [0.5, 0.6) is 5.75 Å².